The van der Waals surface area contributed by atoms with Crippen molar-refractivity contribution in [2.45, 2.75) is 26.4 Å². The normalized spacial score (nSPS) is 10.1. The fourth-order valence-electron chi connectivity index (χ4n) is 1.72. The summed E-state index contributed by atoms with van der Waals surface area (Å²) in [5.74, 6) is -1.40. The molecule has 0 atom stereocenters. The zero-order chi connectivity index (χ0) is 17.4. The largest absolute Gasteiger partial charge is 0.488 e. The van der Waals surface area contributed by atoms with Crippen LogP contribution in [-0.4, -0.2) is 42.8 Å². The summed E-state index contributed by atoms with van der Waals surface area (Å²) in [6, 6.07) is 4.08. The summed E-state index contributed by atoms with van der Waals surface area (Å²) < 4.78 is 10.3. The quantitative estimate of drug-likeness (QED) is 0.660. The van der Waals surface area contributed by atoms with E-state index in [1.165, 1.54) is 13.2 Å². The van der Waals surface area contributed by atoms with Crippen molar-refractivity contribution < 1.29 is 29.0 Å². The molecule has 8 nitrogen and oxygen atoms in total. The van der Waals surface area contributed by atoms with E-state index in [9.17, 15) is 14.4 Å². The van der Waals surface area contributed by atoms with E-state index in [0.29, 0.717) is 0 Å². The van der Waals surface area contributed by atoms with Gasteiger partial charge in [-0.05, 0) is 26.0 Å². The van der Waals surface area contributed by atoms with Crippen molar-refractivity contribution in [2.75, 3.05) is 19.0 Å². The lowest BCUT2D eigenvalue weighted by atomic mass is 10.1. The number of carboxylic acid groups (broad SMARTS) is 1. The van der Waals surface area contributed by atoms with Crippen LogP contribution in [0.25, 0.3) is 0 Å². The average Bonchev–Trinajstić information content (AvgIpc) is 2.47. The van der Waals surface area contributed by atoms with Crippen LogP contribution in [0.4, 0.5) is 10.5 Å². The van der Waals surface area contributed by atoms with Crippen molar-refractivity contribution in [1.82, 2.24) is 5.32 Å². The van der Waals surface area contributed by atoms with Gasteiger partial charge in [-0.25, -0.2) is 9.59 Å². The van der Waals surface area contributed by atoms with Gasteiger partial charge in [0.1, 0.15) is 5.56 Å². The van der Waals surface area contributed by atoms with Crippen LogP contribution in [0.1, 0.15) is 30.6 Å². The Bertz CT molecular complexity index is 585. The van der Waals surface area contributed by atoms with Gasteiger partial charge in [0.05, 0.1) is 25.3 Å². The van der Waals surface area contributed by atoms with Crippen LogP contribution in [0.15, 0.2) is 18.2 Å². The van der Waals surface area contributed by atoms with Gasteiger partial charge >= 0.3 is 18.0 Å². The number of amides is 2. The third kappa shape index (κ3) is 5.85. The Balaban J connectivity index is 2.94. The summed E-state index contributed by atoms with van der Waals surface area (Å²) in [6.07, 6.45) is -0.415. The van der Waals surface area contributed by atoms with Gasteiger partial charge in [0.2, 0.25) is 0 Å². The monoisotopic (exact) mass is 324 g/mol. The van der Waals surface area contributed by atoms with Gasteiger partial charge in [-0.3, -0.25) is 4.79 Å². The molecule has 0 heterocycles. The average molecular weight is 324 g/mol. The number of ether oxygens (including phenoxy) is 2. The van der Waals surface area contributed by atoms with Gasteiger partial charge in [-0.1, -0.05) is 6.07 Å². The molecule has 0 aromatic heterocycles. The molecule has 3 N–H and O–H groups in total. The zero-order valence-corrected chi connectivity index (χ0v) is 13.2. The lowest BCUT2D eigenvalue weighted by molar-refractivity contribution is -0.136. The van der Waals surface area contributed by atoms with E-state index < -0.39 is 18.0 Å². The number of benzene rings is 1. The Morgan fingerprint density at radius 3 is 2.52 bits per heavy atom. The number of carbonyl (C=O) groups is 3. The first-order chi connectivity index (χ1) is 10.8. The van der Waals surface area contributed by atoms with Crippen molar-refractivity contribution >= 4 is 23.7 Å². The third-order valence-electron chi connectivity index (χ3n) is 2.65. The van der Waals surface area contributed by atoms with Crippen molar-refractivity contribution in [3.63, 3.8) is 0 Å². The van der Waals surface area contributed by atoms with Crippen LogP contribution in [0.5, 0.6) is 5.75 Å². The first-order valence-corrected chi connectivity index (χ1v) is 6.99. The van der Waals surface area contributed by atoms with E-state index in [4.69, 9.17) is 14.6 Å². The molecule has 0 saturated heterocycles. The maximum atomic E-state index is 11.8. The van der Waals surface area contributed by atoms with Gasteiger partial charge in [0, 0.05) is 6.54 Å². The standard InChI is InChI=1S/C15H20N2O6/c1-9(2)23-13-10(14(20)22-3)5-4-6-11(13)17-15(21)16-8-7-12(18)19/h4-6,9H,7-8H2,1-3H3,(H,18,19)(H2,16,17,21). The fourth-order valence-corrected chi connectivity index (χ4v) is 1.72. The first kappa shape index (κ1) is 18.3. The highest BCUT2D eigenvalue weighted by Gasteiger charge is 2.19. The van der Waals surface area contributed by atoms with Crippen LogP contribution in [0.3, 0.4) is 0 Å². The highest BCUT2D eigenvalue weighted by molar-refractivity contribution is 5.98. The molecule has 0 aliphatic carbocycles. The number of carbonyl (C=O) groups excluding carboxylic acids is 2. The van der Waals surface area contributed by atoms with Crippen LogP contribution >= 0.6 is 0 Å². The molecule has 2 amide bonds. The molecule has 0 radical (unpaired) electrons. The van der Waals surface area contributed by atoms with Gasteiger partial charge < -0.3 is 25.2 Å². The number of para-hydroxylation sites is 1. The van der Waals surface area contributed by atoms with Gasteiger partial charge in [0.15, 0.2) is 5.75 Å². The minimum atomic E-state index is -1.01. The number of methoxy groups -OCH3 is 1. The molecular formula is C15H20N2O6. The summed E-state index contributed by atoms with van der Waals surface area (Å²) >= 11 is 0. The lowest BCUT2D eigenvalue weighted by Gasteiger charge is -2.17. The number of carboxylic acids is 1. The minimum absolute atomic E-state index is 0.0156. The van der Waals surface area contributed by atoms with Crippen LogP contribution in [0.2, 0.25) is 0 Å². The van der Waals surface area contributed by atoms with E-state index in [-0.39, 0.29) is 36.1 Å². The number of rotatable bonds is 7. The molecule has 0 bridgehead atoms. The molecule has 126 valence electrons. The van der Waals surface area contributed by atoms with Gasteiger partial charge in [-0.15, -0.1) is 0 Å². The number of esters is 1. The maximum Gasteiger partial charge on any atom is 0.341 e. The number of anilines is 1. The van der Waals surface area contributed by atoms with E-state index >= 15 is 0 Å². The van der Waals surface area contributed by atoms with Crippen LogP contribution < -0.4 is 15.4 Å². The van der Waals surface area contributed by atoms with E-state index in [1.807, 2.05) is 0 Å². The number of hydrogen-bond donors (Lipinski definition) is 3. The highest BCUT2D eigenvalue weighted by Crippen LogP contribution is 2.30. The molecule has 23 heavy (non-hydrogen) atoms. The summed E-state index contributed by atoms with van der Waals surface area (Å²) in [5, 5.41) is 13.5. The molecule has 8 heteroatoms. The molecule has 0 saturated carbocycles. The van der Waals surface area contributed by atoms with Gasteiger partial charge in [0.25, 0.3) is 0 Å². The Hall–Kier alpha value is -2.77. The predicted octanol–water partition coefficient (Wildman–Crippen LogP) is 1.86. The molecule has 1 aromatic rings. The molecular weight excluding hydrogens is 304 g/mol. The SMILES string of the molecule is COC(=O)c1cccc(NC(=O)NCCC(=O)O)c1OC(C)C. The van der Waals surface area contributed by atoms with E-state index in [1.54, 1.807) is 26.0 Å². The summed E-state index contributed by atoms with van der Waals surface area (Å²) in [6.45, 7) is 3.55. The second kappa shape index (κ2) is 8.62. The van der Waals surface area contributed by atoms with Crippen molar-refractivity contribution in [3.8, 4) is 5.75 Å². The number of aliphatic carboxylic acids is 1. The van der Waals surface area contributed by atoms with Crippen molar-refractivity contribution in [1.29, 1.82) is 0 Å². The van der Waals surface area contributed by atoms with Crippen molar-refractivity contribution in [2.24, 2.45) is 0 Å². The molecule has 1 aromatic carbocycles. The second-order valence-electron chi connectivity index (χ2n) is 4.87. The Morgan fingerprint density at radius 2 is 1.96 bits per heavy atom. The number of urea groups is 1. The van der Waals surface area contributed by atoms with E-state index in [0.717, 1.165) is 0 Å². The van der Waals surface area contributed by atoms with E-state index in [2.05, 4.69) is 10.6 Å². The molecule has 0 spiro atoms. The number of hydrogen-bond acceptors (Lipinski definition) is 5. The summed E-state index contributed by atoms with van der Waals surface area (Å²) in [5.41, 5.74) is 0.471. The third-order valence-corrected chi connectivity index (χ3v) is 2.65. The molecule has 0 aliphatic heterocycles. The molecule has 1 rings (SSSR count). The molecule has 0 aliphatic rings. The zero-order valence-electron chi connectivity index (χ0n) is 13.2. The highest BCUT2D eigenvalue weighted by atomic mass is 16.5. The lowest BCUT2D eigenvalue weighted by Crippen LogP contribution is -2.31. The van der Waals surface area contributed by atoms with Crippen molar-refractivity contribution in [3.05, 3.63) is 23.8 Å². The smallest absolute Gasteiger partial charge is 0.341 e. The minimum Gasteiger partial charge on any atom is -0.488 e. The van der Waals surface area contributed by atoms with Gasteiger partial charge in [-0.2, -0.15) is 0 Å². The maximum absolute atomic E-state index is 11.8. The van der Waals surface area contributed by atoms with Crippen LogP contribution in [-0.2, 0) is 9.53 Å². The summed E-state index contributed by atoms with van der Waals surface area (Å²) in [7, 11) is 1.25. The predicted molar refractivity (Wildman–Crippen MR) is 82.8 cm³/mol. The molecule has 0 unspecified atom stereocenters. The summed E-state index contributed by atoms with van der Waals surface area (Å²) in [4.78, 5) is 34.0. The van der Waals surface area contributed by atoms with Crippen LogP contribution in [0, 0.1) is 0 Å². The first-order valence-electron chi connectivity index (χ1n) is 6.99. The Labute approximate surface area is 133 Å². The second-order valence-corrected chi connectivity index (χ2v) is 4.87. The molecule has 0 fully saturated rings. The topological polar surface area (TPSA) is 114 Å². The Morgan fingerprint density at radius 1 is 1.26 bits per heavy atom. The fraction of sp³-hybridized carbons (Fsp3) is 0.400. The Kier molecular flexibility index (Phi) is 6.85. The number of nitrogens with one attached hydrogen (secondary N) is 2.